The van der Waals surface area contributed by atoms with Gasteiger partial charge in [0.05, 0.1) is 14.2 Å². The second kappa shape index (κ2) is 9.65. The third-order valence-corrected chi connectivity index (χ3v) is 3.86. The van der Waals surface area contributed by atoms with Gasteiger partial charge in [-0.2, -0.15) is 0 Å². The van der Waals surface area contributed by atoms with Crippen molar-refractivity contribution in [3.8, 4) is 11.5 Å². The molecule has 0 bridgehead atoms. The monoisotopic (exact) mass is 357 g/mol. The van der Waals surface area contributed by atoms with E-state index in [2.05, 4.69) is 29.5 Å². The number of nitrogens with zero attached hydrogens (tertiary/aromatic N) is 1. The average molecular weight is 357 g/mol. The Morgan fingerprint density at radius 2 is 1.88 bits per heavy atom. The van der Waals surface area contributed by atoms with Crippen LogP contribution in [0, 0.1) is 5.92 Å². The largest absolute Gasteiger partial charge is 0.493 e. The molecule has 0 saturated carbocycles. The number of pyridine rings is 1. The van der Waals surface area contributed by atoms with Gasteiger partial charge in [-0.05, 0) is 42.2 Å². The van der Waals surface area contributed by atoms with Crippen LogP contribution in [0.4, 0.5) is 5.82 Å². The molecule has 2 aromatic rings. The topological polar surface area (TPSA) is 72.5 Å². The summed E-state index contributed by atoms with van der Waals surface area (Å²) >= 11 is 0. The number of hydrogen-bond acceptors (Lipinski definition) is 5. The van der Waals surface area contributed by atoms with E-state index in [1.165, 1.54) is 0 Å². The highest BCUT2D eigenvalue weighted by Gasteiger charge is 2.08. The van der Waals surface area contributed by atoms with Crippen molar-refractivity contribution in [2.45, 2.75) is 20.3 Å². The van der Waals surface area contributed by atoms with E-state index in [1.54, 1.807) is 32.5 Å². The van der Waals surface area contributed by atoms with E-state index in [0.717, 1.165) is 12.0 Å². The molecule has 0 aliphatic rings. The molecular formula is C20H27N3O3. The summed E-state index contributed by atoms with van der Waals surface area (Å²) in [5.74, 6) is 2.45. The Kier molecular flexibility index (Phi) is 7.26. The van der Waals surface area contributed by atoms with Crippen molar-refractivity contribution in [2.24, 2.45) is 5.92 Å². The van der Waals surface area contributed by atoms with Gasteiger partial charge in [-0.15, -0.1) is 0 Å². The molecule has 0 spiro atoms. The first-order valence-corrected chi connectivity index (χ1v) is 8.72. The van der Waals surface area contributed by atoms with Crippen LogP contribution in [0.5, 0.6) is 11.5 Å². The van der Waals surface area contributed by atoms with E-state index in [9.17, 15) is 4.79 Å². The molecule has 1 heterocycles. The Morgan fingerprint density at radius 1 is 1.12 bits per heavy atom. The molecule has 0 aliphatic heterocycles. The second-order valence-electron chi connectivity index (χ2n) is 6.40. The fourth-order valence-electron chi connectivity index (χ4n) is 2.44. The van der Waals surface area contributed by atoms with Gasteiger partial charge in [0, 0.05) is 24.8 Å². The number of benzene rings is 1. The normalized spacial score (nSPS) is 10.5. The Balaban J connectivity index is 1.92. The third kappa shape index (κ3) is 5.65. The van der Waals surface area contributed by atoms with Gasteiger partial charge in [0.15, 0.2) is 11.5 Å². The van der Waals surface area contributed by atoms with E-state index in [1.807, 2.05) is 18.2 Å². The van der Waals surface area contributed by atoms with Crippen molar-refractivity contribution < 1.29 is 14.3 Å². The van der Waals surface area contributed by atoms with Gasteiger partial charge in [0.1, 0.15) is 5.82 Å². The Labute approximate surface area is 154 Å². The summed E-state index contributed by atoms with van der Waals surface area (Å²) in [6.45, 7) is 5.48. The van der Waals surface area contributed by atoms with Crippen LogP contribution in [-0.4, -0.2) is 38.2 Å². The van der Waals surface area contributed by atoms with E-state index < -0.39 is 0 Å². The Morgan fingerprint density at radius 3 is 2.58 bits per heavy atom. The molecule has 2 rings (SSSR count). The van der Waals surface area contributed by atoms with Gasteiger partial charge in [-0.25, -0.2) is 4.98 Å². The van der Waals surface area contributed by atoms with Crippen LogP contribution in [0.1, 0.15) is 29.8 Å². The summed E-state index contributed by atoms with van der Waals surface area (Å²) < 4.78 is 10.6. The van der Waals surface area contributed by atoms with Crippen LogP contribution >= 0.6 is 0 Å². The number of aromatic nitrogens is 1. The van der Waals surface area contributed by atoms with Crippen LogP contribution < -0.4 is 20.1 Å². The summed E-state index contributed by atoms with van der Waals surface area (Å²) in [5.41, 5.74) is 1.73. The smallest absolute Gasteiger partial charge is 0.251 e. The highest BCUT2D eigenvalue weighted by molar-refractivity contribution is 5.94. The van der Waals surface area contributed by atoms with Gasteiger partial charge in [-0.1, -0.05) is 19.9 Å². The summed E-state index contributed by atoms with van der Waals surface area (Å²) in [4.78, 5) is 16.4. The van der Waals surface area contributed by atoms with Crippen molar-refractivity contribution in [3.05, 3.63) is 47.7 Å². The SMILES string of the molecule is COc1ccc(CCNc2cc(C(=O)NCC(C)C)ccn2)cc1OC. The first kappa shape index (κ1) is 19.6. The van der Waals surface area contributed by atoms with Crippen LogP contribution in [0.3, 0.4) is 0 Å². The summed E-state index contributed by atoms with van der Waals surface area (Å²) in [6, 6.07) is 9.35. The van der Waals surface area contributed by atoms with Crippen LogP contribution in [0.2, 0.25) is 0 Å². The molecule has 140 valence electrons. The highest BCUT2D eigenvalue weighted by atomic mass is 16.5. The van der Waals surface area contributed by atoms with E-state index in [0.29, 0.717) is 41.9 Å². The van der Waals surface area contributed by atoms with Gasteiger partial charge < -0.3 is 20.1 Å². The molecule has 0 atom stereocenters. The van der Waals surface area contributed by atoms with Crippen LogP contribution in [0.25, 0.3) is 0 Å². The number of amides is 1. The summed E-state index contributed by atoms with van der Waals surface area (Å²) in [6.07, 6.45) is 2.44. The fourth-order valence-corrected chi connectivity index (χ4v) is 2.44. The number of rotatable bonds is 9. The summed E-state index contributed by atoms with van der Waals surface area (Å²) in [7, 11) is 3.24. The summed E-state index contributed by atoms with van der Waals surface area (Å²) in [5, 5.41) is 6.17. The zero-order chi connectivity index (χ0) is 18.9. The molecule has 0 saturated heterocycles. The first-order valence-electron chi connectivity index (χ1n) is 8.72. The minimum atomic E-state index is -0.0796. The van der Waals surface area contributed by atoms with Crippen LogP contribution in [0.15, 0.2) is 36.5 Å². The number of anilines is 1. The predicted molar refractivity (Wildman–Crippen MR) is 103 cm³/mol. The van der Waals surface area contributed by atoms with E-state index >= 15 is 0 Å². The van der Waals surface area contributed by atoms with Crippen molar-refractivity contribution in [3.63, 3.8) is 0 Å². The molecule has 0 unspecified atom stereocenters. The minimum absolute atomic E-state index is 0.0796. The molecule has 1 aromatic carbocycles. The first-order chi connectivity index (χ1) is 12.5. The quantitative estimate of drug-likeness (QED) is 0.721. The van der Waals surface area contributed by atoms with E-state index in [4.69, 9.17) is 9.47 Å². The standard InChI is InChI=1S/C20H27N3O3/c1-14(2)13-23-20(24)16-8-10-22-19(12-16)21-9-7-15-5-6-17(25-3)18(11-15)26-4/h5-6,8,10-12,14H,7,9,13H2,1-4H3,(H,21,22)(H,23,24). The Bertz CT molecular complexity index is 732. The number of carbonyl (C=O) groups excluding carboxylic acids is 1. The lowest BCUT2D eigenvalue weighted by atomic mass is 10.1. The molecule has 26 heavy (non-hydrogen) atoms. The maximum absolute atomic E-state index is 12.1. The molecule has 0 aliphatic carbocycles. The molecule has 2 N–H and O–H groups in total. The number of ether oxygens (including phenoxy) is 2. The lowest BCUT2D eigenvalue weighted by molar-refractivity contribution is 0.0949. The zero-order valence-electron chi connectivity index (χ0n) is 15.8. The highest BCUT2D eigenvalue weighted by Crippen LogP contribution is 2.27. The Hall–Kier alpha value is -2.76. The number of hydrogen-bond donors (Lipinski definition) is 2. The lowest BCUT2D eigenvalue weighted by Gasteiger charge is -2.11. The number of methoxy groups -OCH3 is 2. The van der Waals surface area contributed by atoms with Crippen molar-refractivity contribution >= 4 is 11.7 Å². The maximum atomic E-state index is 12.1. The number of nitrogens with one attached hydrogen (secondary N) is 2. The van der Waals surface area contributed by atoms with Gasteiger partial charge in [0.2, 0.25) is 0 Å². The maximum Gasteiger partial charge on any atom is 0.251 e. The van der Waals surface area contributed by atoms with Gasteiger partial charge >= 0.3 is 0 Å². The molecule has 1 aromatic heterocycles. The van der Waals surface area contributed by atoms with Crippen molar-refractivity contribution in [1.82, 2.24) is 10.3 Å². The third-order valence-electron chi connectivity index (χ3n) is 3.86. The van der Waals surface area contributed by atoms with Crippen molar-refractivity contribution in [2.75, 3.05) is 32.6 Å². The lowest BCUT2D eigenvalue weighted by Crippen LogP contribution is -2.27. The second-order valence-corrected chi connectivity index (χ2v) is 6.40. The zero-order valence-corrected chi connectivity index (χ0v) is 15.8. The van der Waals surface area contributed by atoms with E-state index in [-0.39, 0.29) is 5.91 Å². The molecule has 6 heteroatoms. The predicted octanol–water partition coefficient (Wildman–Crippen LogP) is 3.14. The van der Waals surface area contributed by atoms with Gasteiger partial charge in [-0.3, -0.25) is 4.79 Å². The van der Waals surface area contributed by atoms with Crippen molar-refractivity contribution in [1.29, 1.82) is 0 Å². The minimum Gasteiger partial charge on any atom is -0.493 e. The molecule has 1 amide bonds. The number of carbonyl (C=O) groups is 1. The molecular weight excluding hydrogens is 330 g/mol. The van der Waals surface area contributed by atoms with Crippen LogP contribution in [-0.2, 0) is 6.42 Å². The average Bonchev–Trinajstić information content (AvgIpc) is 2.66. The molecule has 0 fully saturated rings. The molecule has 0 radical (unpaired) electrons. The van der Waals surface area contributed by atoms with Gasteiger partial charge in [0.25, 0.3) is 5.91 Å². The fraction of sp³-hybridized carbons (Fsp3) is 0.400. The molecule has 6 nitrogen and oxygen atoms in total.